The van der Waals surface area contributed by atoms with E-state index in [1.165, 1.54) is 6.92 Å². The van der Waals surface area contributed by atoms with Gasteiger partial charge < -0.3 is 10.0 Å². The van der Waals surface area contributed by atoms with Gasteiger partial charge in [-0.1, -0.05) is 0 Å². The van der Waals surface area contributed by atoms with E-state index in [1.807, 2.05) is 7.05 Å². The fourth-order valence-corrected chi connectivity index (χ4v) is 1.99. The summed E-state index contributed by atoms with van der Waals surface area (Å²) >= 11 is 0. The number of aliphatic carboxylic acids is 1. The second-order valence-electron chi connectivity index (χ2n) is 4.27. The maximum Gasteiger partial charge on any atom is 0.310 e. The van der Waals surface area contributed by atoms with Crippen LogP contribution in [0.2, 0.25) is 0 Å². The Hall–Kier alpha value is -0.900. The number of hydrogen-bond donors (Lipinski definition) is 1. The van der Waals surface area contributed by atoms with Crippen LogP contribution in [0.15, 0.2) is 0 Å². The Morgan fingerprint density at radius 2 is 1.86 bits per heavy atom. The van der Waals surface area contributed by atoms with Gasteiger partial charge in [0.15, 0.2) is 0 Å². The number of carboxylic acids is 1. The number of carbonyl (C=O) groups is 2. The molecule has 0 bridgehead atoms. The topological polar surface area (TPSA) is 57.6 Å². The van der Waals surface area contributed by atoms with Crippen molar-refractivity contribution in [1.29, 1.82) is 0 Å². The minimum Gasteiger partial charge on any atom is -0.481 e. The summed E-state index contributed by atoms with van der Waals surface area (Å²) < 4.78 is 0. The van der Waals surface area contributed by atoms with E-state index in [4.69, 9.17) is 5.11 Å². The molecule has 0 aromatic rings. The molecule has 1 aliphatic rings. The number of carboxylic acid groups (broad SMARTS) is 1. The van der Waals surface area contributed by atoms with Crippen LogP contribution in [0.1, 0.15) is 26.2 Å². The number of nitrogens with zero attached hydrogens (tertiary/aromatic N) is 1. The fraction of sp³-hybridized carbons (Fsp3) is 0.800. The zero-order valence-corrected chi connectivity index (χ0v) is 8.75. The Balaban J connectivity index is 2.73. The van der Waals surface area contributed by atoms with Crippen LogP contribution in [-0.2, 0) is 9.59 Å². The molecule has 0 saturated carbocycles. The van der Waals surface area contributed by atoms with Crippen LogP contribution in [0, 0.1) is 5.41 Å². The maximum atomic E-state index is 11.1. The average Bonchev–Trinajstić information content (AvgIpc) is 2.08. The van der Waals surface area contributed by atoms with Gasteiger partial charge >= 0.3 is 5.97 Å². The standard InChI is InChI=1S/C10H17NO3/c1-8(12)7-10(9(13)14)3-5-11(2)6-4-10/h3-7H2,1-2H3,(H,13,14). The molecule has 14 heavy (non-hydrogen) atoms. The molecule has 1 fully saturated rings. The Labute approximate surface area is 83.9 Å². The zero-order chi connectivity index (χ0) is 10.8. The summed E-state index contributed by atoms with van der Waals surface area (Å²) in [5, 5.41) is 9.15. The number of rotatable bonds is 3. The van der Waals surface area contributed by atoms with Gasteiger partial charge in [-0.05, 0) is 39.9 Å². The first-order valence-corrected chi connectivity index (χ1v) is 4.88. The van der Waals surface area contributed by atoms with E-state index in [0.717, 1.165) is 13.1 Å². The molecular formula is C10H17NO3. The molecular weight excluding hydrogens is 182 g/mol. The third-order valence-corrected chi connectivity index (χ3v) is 2.99. The highest BCUT2D eigenvalue weighted by atomic mass is 16.4. The van der Waals surface area contributed by atoms with Crippen molar-refractivity contribution in [3.8, 4) is 0 Å². The lowest BCUT2D eigenvalue weighted by molar-refractivity contribution is -0.154. The predicted octanol–water partition coefficient (Wildman–Crippen LogP) is 0.762. The molecule has 1 rings (SSSR count). The summed E-state index contributed by atoms with van der Waals surface area (Å²) in [6, 6.07) is 0. The highest BCUT2D eigenvalue weighted by Crippen LogP contribution is 2.35. The van der Waals surface area contributed by atoms with Gasteiger partial charge in [-0.25, -0.2) is 0 Å². The number of ketones is 1. The van der Waals surface area contributed by atoms with Crippen LogP contribution >= 0.6 is 0 Å². The first-order chi connectivity index (χ1) is 6.46. The third-order valence-electron chi connectivity index (χ3n) is 2.99. The van der Waals surface area contributed by atoms with E-state index in [-0.39, 0.29) is 12.2 Å². The summed E-state index contributed by atoms with van der Waals surface area (Å²) in [6.07, 6.45) is 1.34. The van der Waals surface area contributed by atoms with Crippen molar-refractivity contribution in [2.45, 2.75) is 26.2 Å². The van der Waals surface area contributed by atoms with Crippen molar-refractivity contribution in [3.05, 3.63) is 0 Å². The first kappa shape index (κ1) is 11.2. The maximum absolute atomic E-state index is 11.1. The molecule has 1 N–H and O–H groups in total. The van der Waals surface area contributed by atoms with Crippen LogP contribution in [0.25, 0.3) is 0 Å². The highest BCUT2D eigenvalue weighted by molar-refractivity contribution is 5.84. The number of likely N-dealkylation sites (tertiary alicyclic amines) is 1. The Kier molecular flexibility index (Phi) is 3.26. The monoisotopic (exact) mass is 199 g/mol. The highest BCUT2D eigenvalue weighted by Gasteiger charge is 2.41. The summed E-state index contributed by atoms with van der Waals surface area (Å²) in [4.78, 5) is 24.3. The molecule has 1 saturated heterocycles. The molecule has 0 aromatic carbocycles. The third kappa shape index (κ3) is 2.32. The van der Waals surface area contributed by atoms with Gasteiger partial charge in [0.1, 0.15) is 5.78 Å². The molecule has 0 amide bonds. The van der Waals surface area contributed by atoms with Gasteiger partial charge in [0.2, 0.25) is 0 Å². The van der Waals surface area contributed by atoms with Crippen molar-refractivity contribution in [2.75, 3.05) is 20.1 Å². The quantitative estimate of drug-likeness (QED) is 0.729. The second kappa shape index (κ2) is 4.09. The van der Waals surface area contributed by atoms with Crippen LogP contribution in [0.3, 0.4) is 0 Å². The summed E-state index contributed by atoms with van der Waals surface area (Å²) in [5.41, 5.74) is -0.793. The van der Waals surface area contributed by atoms with E-state index >= 15 is 0 Å². The van der Waals surface area contributed by atoms with E-state index < -0.39 is 11.4 Å². The molecule has 4 nitrogen and oxygen atoms in total. The van der Waals surface area contributed by atoms with Gasteiger partial charge in [0.25, 0.3) is 0 Å². The average molecular weight is 199 g/mol. The van der Waals surface area contributed by atoms with Gasteiger partial charge in [0, 0.05) is 6.42 Å². The van der Waals surface area contributed by atoms with Crippen molar-refractivity contribution in [3.63, 3.8) is 0 Å². The first-order valence-electron chi connectivity index (χ1n) is 4.88. The van der Waals surface area contributed by atoms with E-state index in [9.17, 15) is 9.59 Å². The van der Waals surface area contributed by atoms with Gasteiger partial charge in [-0.15, -0.1) is 0 Å². The summed E-state index contributed by atoms with van der Waals surface area (Å²) in [6.45, 7) is 2.99. The van der Waals surface area contributed by atoms with Crippen molar-refractivity contribution >= 4 is 11.8 Å². The molecule has 0 atom stereocenters. The number of piperidine rings is 1. The molecule has 4 heteroatoms. The Morgan fingerprint density at radius 3 is 2.21 bits per heavy atom. The molecule has 0 aromatic heterocycles. The van der Waals surface area contributed by atoms with Crippen LogP contribution in [0.5, 0.6) is 0 Å². The minimum atomic E-state index is -0.819. The largest absolute Gasteiger partial charge is 0.481 e. The molecule has 0 spiro atoms. The zero-order valence-electron chi connectivity index (χ0n) is 8.75. The van der Waals surface area contributed by atoms with Crippen LogP contribution in [0.4, 0.5) is 0 Å². The van der Waals surface area contributed by atoms with Gasteiger partial charge in [-0.2, -0.15) is 0 Å². The molecule has 1 aliphatic heterocycles. The Morgan fingerprint density at radius 1 is 1.36 bits per heavy atom. The predicted molar refractivity (Wildman–Crippen MR) is 52.1 cm³/mol. The number of Topliss-reactive ketones (excluding diaryl/α,β-unsaturated/α-hetero) is 1. The van der Waals surface area contributed by atoms with E-state index in [2.05, 4.69) is 4.90 Å². The molecule has 1 heterocycles. The van der Waals surface area contributed by atoms with Crippen molar-refractivity contribution < 1.29 is 14.7 Å². The van der Waals surface area contributed by atoms with E-state index in [0.29, 0.717) is 12.8 Å². The second-order valence-corrected chi connectivity index (χ2v) is 4.27. The lowest BCUT2D eigenvalue weighted by Gasteiger charge is -2.36. The lowest BCUT2D eigenvalue weighted by Crippen LogP contribution is -2.43. The normalized spacial score (nSPS) is 21.9. The smallest absolute Gasteiger partial charge is 0.310 e. The molecule has 0 unspecified atom stereocenters. The summed E-state index contributed by atoms with van der Waals surface area (Å²) in [5.74, 6) is -0.849. The van der Waals surface area contributed by atoms with E-state index in [1.54, 1.807) is 0 Å². The van der Waals surface area contributed by atoms with Crippen LogP contribution in [-0.4, -0.2) is 41.9 Å². The number of carbonyl (C=O) groups excluding carboxylic acids is 1. The van der Waals surface area contributed by atoms with Crippen LogP contribution < -0.4 is 0 Å². The van der Waals surface area contributed by atoms with Gasteiger partial charge in [-0.3, -0.25) is 9.59 Å². The molecule has 0 radical (unpaired) electrons. The molecule has 0 aliphatic carbocycles. The minimum absolute atomic E-state index is 0.0306. The number of hydrogen-bond acceptors (Lipinski definition) is 3. The fourth-order valence-electron chi connectivity index (χ4n) is 1.99. The SMILES string of the molecule is CC(=O)CC1(C(=O)O)CCN(C)CC1. The lowest BCUT2D eigenvalue weighted by atomic mass is 9.75. The van der Waals surface area contributed by atoms with Gasteiger partial charge in [0.05, 0.1) is 5.41 Å². The van der Waals surface area contributed by atoms with Crippen molar-refractivity contribution in [1.82, 2.24) is 4.90 Å². The summed E-state index contributed by atoms with van der Waals surface area (Å²) in [7, 11) is 1.97. The molecule has 80 valence electrons. The Bertz CT molecular complexity index is 242. The van der Waals surface area contributed by atoms with Crippen molar-refractivity contribution in [2.24, 2.45) is 5.41 Å².